The number of benzene rings is 1. The minimum absolute atomic E-state index is 0.0831. The van der Waals surface area contributed by atoms with E-state index < -0.39 is 17.6 Å². The van der Waals surface area contributed by atoms with Crippen LogP contribution in [0.5, 0.6) is 0 Å². The zero-order valence-corrected chi connectivity index (χ0v) is 14.2. The van der Waals surface area contributed by atoms with E-state index in [1.807, 2.05) is 0 Å². The van der Waals surface area contributed by atoms with Gasteiger partial charge in [0.1, 0.15) is 17.3 Å². The van der Waals surface area contributed by atoms with Gasteiger partial charge in [-0.25, -0.2) is 4.98 Å². The van der Waals surface area contributed by atoms with Gasteiger partial charge in [-0.3, -0.25) is 9.20 Å². The first-order chi connectivity index (χ1) is 12.8. The maximum atomic E-state index is 12.8. The number of pyridine rings is 1. The monoisotopic (exact) mass is 390 g/mol. The Hall–Kier alpha value is -3.31. The molecular formula is C18H10ClF3N4O. The Bertz CT molecular complexity index is 1100. The molecule has 0 fully saturated rings. The second-order valence-corrected chi connectivity index (χ2v) is 5.78. The van der Waals surface area contributed by atoms with Crippen molar-refractivity contribution in [1.82, 2.24) is 9.38 Å². The number of carbonyl (C=O) groups is 1. The van der Waals surface area contributed by atoms with E-state index in [9.17, 15) is 23.2 Å². The molecule has 1 amide bonds. The van der Waals surface area contributed by atoms with Crippen molar-refractivity contribution in [3.8, 4) is 6.07 Å². The molecule has 5 nitrogen and oxygen atoms in total. The SMILES string of the molecule is N#C/C(=C\c1c(Cl)nc2ccccn12)C(=O)Nc1cccc(C(F)(F)F)c1. The minimum Gasteiger partial charge on any atom is -0.321 e. The molecule has 0 saturated carbocycles. The summed E-state index contributed by atoms with van der Waals surface area (Å²) < 4.78 is 39.9. The van der Waals surface area contributed by atoms with Crippen LogP contribution in [-0.2, 0) is 11.0 Å². The number of halogens is 4. The summed E-state index contributed by atoms with van der Waals surface area (Å²) in [7, 11) is 0. The maximum Gasteiger partial charge on any atom is 0.416 e. The summed E-state index contributed by atoms with van der Waals surface area (Å²) in [5, 5.41) is 11.7. The molecule has 2 heterocycles. The largest absolute Gasteiger partial charge is 0.416 e. The molecule has 9 heteroatoms. The summed E-state index contributed by atoms with van der Waals surface area (Å²) in [6, 6.07) is 11.0. The third-order valence-corrected chi connectivity index (χ3v) is 3.89. The molecule has 0 atom stereocenters. The molecular weight excluding hydrogens is 381 g/mol. The van der Waals surface area contributed by atoms with Gasteiger partial charge in [0, 0.05) is 11.9 Å². The fourth-order valence-corrected chi connectivity index (χ4v) is 2.60. The zero-order valence-electron chi connectivity index (χ0n) is 13.5. The standard InChI is InChI=1S/C18H10ClF3N4O/c19-16-14(26-7-2-1-6-15(26)25-16)8-11(10-23)17(27)24-13-5-3-4-12(9-13)18(20,21)22/h1-9H,(H,24,27)/b11-8+. The molecule has 1 aromatic carbocycles. The molecule has 2 aromatic heterocycles. The molecule has 136 valence electrons. The molecule has 0 unspecified atom stereocenters. The highest BCUT2D eigenvalue weighted by Crippen LogP contribution is 2.30. The van der Waals surface area contributed by atoms with Crippen LogP contribution < -0.4 is 5.32 Å². The van der Waals surface area contributed by atoms with Crippen LogP contribution in [0.2, 0.25) is 5.15 Å². The van der Waals surface area contributed by atoms with E-state index in [0.717, 1.165) is 18.2 Å². The summed E-state index contributed by atoms with van der Waals surface area (Å²) in [5.74, 6) is -0.862. The first-order valence-electron chi connectivity index (χ1n) is 7.52. The number of amides is 1. The third-order valence-electron chi connectivity index (χ3n) is 3.62. The lowest BCUT2D eigenvalue weighted by Crippen LogP contribution is -2.14. The summed E-state index contributed by atoms with van der Waals surface area (Å²) >= 11 is 6.06. The molecule has 0 aliphatic heterocycles. The van der Waals surface area contributed by atoms with Gasteiger partial charge in [0.05, 0.1) is 11.3 Å². The fraction of sp³-hybridized carbons (Fsp3) is 0.0556. The predicted octanol–water partition coefficient (Wildman–Crippen LogP) is 4.55. The molecule has 27 heavy (non-hydrogen) atoms. The molecule has 1 N–H and O–H groups in total. The van der Waals surface area contributed by atoms with Crippen molar-refractivity contribution in [1.29, 1.82) is 5.26 Å². The first kappa shape index (κ1) is 18.5. The summed E-state index contributed by atoms with van der Waals surface area (Å²) in [5.41, 5.74) is -0.500. The van der Waals surface area contributed by atoms with Gasteiger partial charge in [0.2, 0.25) is 0 Å². The summed E-state index contributed by atoms with van der Waals surface area (Å²) in [6.07, 6.45) is -1.66. The van der Waals surface area contributed by atoms with Gasteiger partial charge in [-0.15, -0.1) is 0 Å². The van der Waals surface area contributed by atoms with Gasteiger partial charge in [-0.05, 0) is 36.4 Å². The number of fused-ring (bicyclic) bond motifs is 1. The molecule has 0 saturated heterocycles. The lowest BCUT2D eigenvalue weighted by Gasteiger charge is -2.09. The van der Waals surface area contributed by atoms with Gasteiger partial charge in [0.15, 0.2) is 5.15 Å². The number of nitriles is 1. The Balaban J connectivity index is 1.92. The molecule has 0 aliphatic rings. The van der Waals surface area contributed by atoms with Gasteiger partial charge in [-0.2, -0.15) is 18.4 Å². The van der Waals surface area contributed by atoms with E-state index in [4.69, 9.17) is 11.6 Å². The van der Waals surface area contributed by atoms with Crippen LogP contribution in [0.1, 0.15) is 11.3 Å². The van der Waals surface area contributed by atoms with Crippen LogP contribution in [0.3, 0.4) is 0 Å². The van der Waals surface area contributed by atoms with Crippen LogP contribution in [0.15, 0.2) is 54.2 Å². The van der Waals surface area contributed by atoms with Crippen LogP contribution in [-0.4, -0.2) is 15.3 Å². The van der Waals surface area contributed by atoms with Gasteiger partial charge >= 0.3 is 6.18 Å². The average molecular weight is 391 g/mol. The van der Waals surface area contributed by atoms with Crippen LogP contribution in [0.25, 0.3) is 11.7 Å². The van der Waals surface area contributed by atoms with E-state index in [2.05, 4.69) is 10.3 Å². The summed E-state index contributed by atoms with van der Waals surface area (Å²) in [6.45, 7) is 0. The van der Waals surface area contributed by atoms with E-state index in [-0.39, 0.29) is 16.4 Å². The Morgan fingerprint density at radius 3 is 2.74 bits per heavy atom. The van der Waals surface area contributed by atoms with Gasteiger partial charge < -0.3 is 5.32 Å². The van der Waals surface area contributed by atoms with E-state index in [0.29, 0.717) is 11.3 Å². The Kier molecular flexibility index (Phi) is 4.88. The van der Waals surface area contributed by atoms with Crippen molar-refractivity contribution in [3.63, 3.8) is 0 Å². The summed E-state index contributed by atoms with van der Waals surface area (Å²) in [4.78, 5) is 16.4. The lowest BCUT2D eigenvalue weighted by atomic mass is 10.1. The number of carbonyl (C=O) groups excluding carboxylic acids is 1. The number of rotatable bonds is 3. The van der Waals surface area contributed by atoms with Crippen LogP contribution >= 0.6 is 11.6 Å². The van der Waals surface area contributed by atoms with Crippen LogP contribution in [0, 0.1) is 11.3 Å². The number of nitrogens with one attached hydrogen (secondary N) is 1. The highest BCUT2D eigenvalue weighted by Gasteiger charge is 2.30. The molecule has 0 aliphatic carbocycles. The normalized spacial score (nSPS) is 12.0. The van der Waals surface area contributed by atoms with Gasteiger partial charge in [0.25, 0.3) is 5.91 Å². The van der Waals surface area contributed by atoms with E-state index >= 15 is 0 Å². The molecule has 0 radical (unpaired) electrons. The van der Waals surface area contributed by atoms with Crippen LogP contribution in [0.4, 0.5) is 18.9 Å². The maximum absolute atomic E-state index is 12.8. The molecule has 3 rings (SSSR count). The smallest absolute Gasteiger partial charge is 0.321 e. The van der Waals surface area contributed by atoms with Crippen molar-refractivity contribution in [3.05, 3.63) is 70.6 Å². The number of alkyl halides is 3. The zero-order chi connectivity index (χ0) is 19.6. The highest BCUT2D eigenvalue weighted by molar-refractivity contribution is 6.31. The van der Waals surface area contributed by atoms with Crippen molar-refractivity contribution in [2.45, 2.75) is 6.18 Å². The Morgan fingerprint density at radius 2 is 2.04 bits per heavy atom. The fourth-order valence-electron chi connectivity index (χ4n) is 2.37. The Labute approximate surface area is 156 Å². The van der Waals surface area contributed by atoms with E-state index in [1.54, 1.807) is 34.9 Å². The first-order valence-corrected chi connectivity index (χ1v) is 7.90. The quantitative estimate of drug-likeness (QED) is 0.526. The number of hydrogen-bond donors (Lipinski definition) is 1. The third kappa shape index (κ3) is 3.93. The number of nitrogens with zero attached hydrogens (tertiary/aromatic N) is 3. The van der Waals surface area contributed by atoms with Crippen molar-refractivity contribution in [2.75, 3.05) is 5.32 Å². The van der Waals surface area contributed by atoms with Gasteiger partial charge in [-0.1, -0.05) is 23.7 Å². The van der Waals surface area contributed by atoms with Crippen molar-refractivity contribution < 1.29 is 18.0 Å². The molecule has 3 aromatic rings. The Morgan fingerprint density at radius 1 is 1.26 bits per heavy atom. The number of anilines is 1. The second-order valence-electron chi connectivity index (χ2n) is 5.42. The minimum atomic E-state index is -4.54. The second kappa shape index (κ2) is 7.13. The molecule has 0 bridgehead atoms. The number of imidazole rings is 1. The number of aromatic nitrogens is 2. The highest BCUT2D eigenvalue weighted by atomic mass is 35.5. The predicted molar refractivity (Wildman–Crippen MR) is 93.9 cm³/mol. The topological polar surface area (TPSA) is 70.2 Å². The van der Waals surface area contributed by atoms with Crippen molar-refractivity contribution in [2.24, 2.45) is 0 Å². The molecule has 0 spiro atoms. The van der Waals surface area contributed by atoms with E-state index in [1.165, 1.54) is 12.1 Å². The number of hydrogen-bond acceptors (Lipinski definition) is 3. The average Bonchev–Trinajstić information content (AvgIpc) is 2.94. The lowest BCUT2D eigenvalue weighted by molar-refractivity contribution is -0.137. The van der Waals surface area contributed by atoms with Crippen molar-refractivity contribution >= 4 is 34.9 Å².